The molecule has 3 N–H and O–H groups in total. The van der Waals surface area contributed by atoms with Gasteiger partial charge in [0, 0.05) is 0 Å². The van der Waals surface area contributed by atoms with Crippen molar-refractivity contribution in [3.8, 4) is 0 Å². The van der Waals surface area contributed by atoms with E-state index >= 15 is 0 Å². The molecule has 0 aliphatic heterocycles. The Kier molecular flexibility index (Phi) is 9.06. The van der Waals surface area contributed by atoms with Gasteiger partial charge < -0.3 is 15.1 Å². The van der Waals surface area contributed by atoms with Crippen molar-refractivity contribution in [3.63, 3.8) is 0 Å². The summed E-state index contributed by atoms with van der Waals surface area (Å²) in [6.07, 6.45) is 5.77. The molecule has 0 amide bonds. The smallest absolute Gasteiger partial charge is 0.370 e. The number of hydrogen-bond acceptors (Lipinski definition) is 3. The average Bonchev–Trinajstić information content (AvgIpc) is 2.64. The standard InChI is InChI=1S/C21H30NO4PS/c1-3-4-5-6-7-12-20(28)22-21(16(2)26-27(23,24)25)19-14-13-17-10-8-9-11-18(17)15-19/h8-11,13-16,21H,3-7,12H2,1-2H3,(H,22,28)(H2,23,24,25). The molecule has 0 bridgehead atoms. The fraction of sp³-hybridized carbons (Fsp3) is 0.476. The Hall–Kier alpha value is -1.30. The van der Waals surface area contributed by atoms with Crippen LogP contribution in [0.3, 0.4) is 0 Å². The van der Waals surface area contributed by atoms with E-state index in [1.54, 1.807) is 6.92 Å². The lowest BCUT2D eigenvalue weighted by Crippen LogP contribution is -2.35. The molecule has 0 aliphatic rings. The molecular formula is C21H30NO4PS. The van der Waals surface area contributed by atoms with Crippen LogP contribution in [0.4, 0.5) is 0 Å². The molecule has 0 saturated carbocycles. The minimum atomic E-state index is -4.60. The van der Waals surface area contributed by atoms with E-state index in [1.807, 2.05) is 42.5 Å². The summed E-state index contributed by atoms with van der Waals surface area (Å²) in [6.45, 7) is 3.83. The van der Waals surface area contributed by atoms with Gasteiger partial charge in [0.2, 0.25) is 0 Å². The van der Waals surface area contributed by atoms with Crippen LogP contribution < -0.4 is 5.32 Å². The highest BCUT2D eigenvalue weighted by molar-refractivity contribution is 7.80. The highest BCUT2D eigenvalue weighted by Gasteiger charge is 2.27. The molecule has 0 heterocycles. The number of benzene rings is 2. The lowest BCUT2D eigenvalue weighted by atomic mass is 9.98. The van der Waals surface area contributed by atoms with E-state index in [9.17, 15) is 14.4 Å². The number of phosphoric ester groups is 1. The number of rotatable bonds is 11. The summed E-state index contributed by atoms with van der Waals surface area (Å²) in [7, 11) is -4.60. The number of unbranched alkanes of at least 4 members (excludes halogenated alkanes) is 4. The van der Waals surface area contributed by atoms with Crippen LogP contribution in [0, 0.1) is 0 Å². The van der Waals surface area contributed by atoms with Gasteiger partial charge in [-0.25, -0.2) is 4.57 Å². The number of thiocarbonyl (C=S) groups is 1. The molecule has 5 nitrogen and oxygen atoms in total. The summed E-state index contributed by atoms with van der Waals surface area (Å²) in [4.78, 5) is 19.2. The maximum absolute atomic E-state index is 11.4. The van der Waals surface area contributed by atoms with Crippen LogP contribution in [0.1, 0.15) is 64.0 Å². The van der Waals surface area contributed by atoms with Gasteiger partial charge in [-0.2, -0.15) is 0 Å². The predicted octanol–water partition coefficient (Wildman–Crippen LogP) is 5.66. The summed E-state index contributed by atoms with van der Waals surface area (Å²) >= 11 is 5.50. The zero-order valence-corrected chi connectivity index (χ0v) is 18.2. The van der Waals surface area contributed by atoms with Crippen molar-refractivity contribution >= 4 is 35.8 Å². The van der Waals surface area contributed by atoms with E-state index in [-0.39, 0.29) is 0 Å². The second-order valence-electron chi connectivity index (χ2n) is 7.12. The van der Waals surface area contributed by atoms with E-state index in [4.69, 9.17) is 16.7 Å². The third-order valence-corrected chi connectivity index (χ3v) is 5.66. The van der Waals surface area contributed by atoms with Crippen molar-refractivity contribution in [2.24, 2.45) is 0 Å². The van der Waals surface area contributed by atoms with Crippen molar-refractivity contribution in [2.45, 2.75) is 64.5 Å². The van der Waals surface area contributed by atoms with Gasteiger partial charge in [0.05, 0.1) is 17.1 Å². The predicted molar refractivity (Wildman–Crippen MR) is 118 cm³/mol. The molecule has 0 spiro atoms. The van der Waals surface area contributed by atoms with Crippen LogP contribution in [-0.2, 0) is 9.09 Å². The zero-order valence-electron chi connectivity index (χ0n) is 16.5. The maximum Gasteiger partial charge on any atom is 0.469 e. The molecule has 2 aromatic rings. The van der Waals surface area contributed by atoms with Gasteiger partial charge in [-0.15, -0.1) is 0 Å². The summed E-state index contributed by atoms with van der Waals surface area (Å²) < 4.78 is 16.3. The third kappa shape index (κ3) is 7.61. The fourth-order valence-electron chi connectivity index (χ4n) is 3.29. The van der Waals surface area contributed by atoms with Gasteiger partial charge in [-0.1, -0.05) is 81.2 Å². The Bertz CT molecular complexity index is 823. The maximum atomic E-state index is 11.4. The van der Waals surface area contributed by atoms with Crippen LogP contribution >= 0.6 is 20.0 Å². The molecular weight excluding hydrogens is 393 g/mol. The number of nitrogens with one attached hydrogen (secondary N) is 1. The van der Waals surface area contributed by atoms with Crippen LogP contribution in [-0.4, -0.2) is 20.9 Å². The Morgan fingerprint density at radius 3 is 2.46 bits per heavy atom. The molecule has 2 atom stereocenters. The molecule has 0 aromatic heterocycles. The molecule has 2 aromatic carbocycles. The van der Waals surface area contributed by atoms with Crippen LogP contribution in [0.2, 0.25) is 0 Å². The summed E-state index contributed by atoms with van der Waals surface area (Å²) in [6, 6.07) is 13.5. The minimum Gasteiger partial charge on any atom is -0.370 e. The molecule has 28 heavy (non-hydrogen) atoms. The van der Waals surface area contributed by atoms with Crippen molar-refractivity contribution < 1.29 is 18.9 Å². The van der Waals surface area contributed by atoms with Crippen molar-refractivity contribution in [3.05, 3.63) is 48.0 Å². The van der Waals surface area contributed by atoms with Gasteiger partial charge in [0.1, 0.15) is 0 Å². The minimum absolute atomic E-state index is 0.444. The average molecular weight is 424 g/mol. The molecule has 0 aliphatic carbocycles. The number of fused-ring (bicyclic) bond motifs is 1. The molecule has 7 heteroatoms. The number of phosphoric acid groups is 1. The first-order chi connectivity index (χ1) is 13.3. The number of hydrogen-bond donors (Lipinski definition) is 3. The Balaban J connectivity index is 2.14. The lowest BCUT2D eigenvalue weighted by Gasteiger charge is -2.27. The summed E-state index contributed by atoms with van der Waals surface area (Å²) in [5, 5.41) is 5.43. The first kappa shape index (κ1) is 23.0. The molecule has 2 unspecified atom stereocenters. The highest BCUT2D eigenvalue weighted by atomic mass is 32.1. The van der Waals surface area contributed by atoms with Gasteiger partial charge in [0.25, 0.3) is 0 Å². The van der Waals surface area contributed by atoms with E-state index in [2.05, 4.69) is 12.2 Å². The van der Waals surface area contributed by atoms with E-state index in [0.717, 1.165) is 35.6 Å². The topological polar surface area (TPSA) is 78.8 Å². The van der Waals surface area contributed by atoms with Crippen LogP contribution in [0.15, 0.2) is 42.5 Å². The van der Waals surface area contributed by atoms with Crippen molar-refractivity contribution in [1.29, 1.82) is 0 Å². The zero-order chi connectivity index (χ0) is 20.6. The largest absolute Gasteiger partial charge is 0.469 e. The molecule has 0 fully saturated rings. The van der Waals surface area contributed by atoms with Gasteiger partial charge in [-0.3, -0.25) is 4.52 Å². The quantitative estimate of drug-likeness (QED) is 0.246. The molecule has 2 rings (SSSR count). The second kappa shape index (κ2) is 11.0. The van der Waals surface area contributed by atoms with E-state index in [0.29, 0.717) is 4.99 Å². The van der Waals surface area contributed by atoms with Gasteiger partial charge in [0.15, 0.2) is 0 Å². The van der Waals surface area contributed by atoms with Gasteiger partial charge in [-0.05, 0) is 42.2 Å². The molecule has 0 radical (unpaired) electrons. The third-order valence-electron chi connectivity index (χ3n) is 4.73. The monoisotopic (exact) mass is 423 g/mol. The first-order valence-corrected chi connectivity index (χ1v) is 11.8. The lowest BCUT2D eigenvalue weighted by molar-refractivity contribution is 0.121. The van der Waals surface area contributed by atoms with Crippen LogP contribution in [0.5, 0.6) is 0 Å². The van der Waals surface area contributed by atoms with Crippen molar-refractivity contribution in [1.82, 2.24) is 5.32 Å². The Labute approximate surface area is 172 Å². The highest BCUT2D eigenvalue weighted by Crippen LogP contribution is 2.40. The normalized spacial score (nSPS) is 14.0. The van der Waals surface area contributed by atoms with Crippen LogP contribution in [0.25, 0.3) is 10.8 Å². The van der Waals surface area contributed by atoms with Gasteiger partial charge >= 0.3 is 7.82 Å². The Morgan fingerprint density at radius 2 is 1.79 bits per heavy atom. The molecule has 154 valence electrons. The first-order valence-electron chi connectivity index (χ1n) is 9.82. The summed E-state index contributed by atoms with van der Waals surface area (Å²) in [5.74, 6) is 0. The second-order valence-corrected chi connectivity index (χ2v) is 8.80. The molecule has 0 saturated heterocycles. The SMILES string of the molecule is CCCCCCCC(=S)NC(c1ccc2ccccc2c1)C(C)OP(=O)(O)O. The van der Waals surface area contributed by atoms with E-state index < -0.39 is 20.0 Å². The summed E-state index contributed by atoms with van der Waals surface area (Å²) in [5.41, 5.74) is 0.882. The Morgan fingerprint density at radius 1 is 1.11 bits per heavy atom. The van der Waals surface area contributed by atoms with E-state index in [1.165, 1.54) is 19.3 Å². The van der Waals surface area contributed by atoms with Crippen molar-refractivity contribution in [2.75, 3.05) is 0 Å². The fourth-order valence-corrected chi connectivity index (χ4v) is 4.11.